The van der Waals surface area contributed by atoms with Crippen LogP contribution in [0, 0.1) is 0 Å². The van der Waals surface area contributed by atoms with Gasteiger partial charge in [-0.25, -0.2) is 4.98 Å². The van der Waals surface area contributed by atoms with Gasteiger partial charge in [-0.15, -0.1) is 5.10 Å². The van der Waals surface area contributed by atoms with Crippen LogP contribution in [0.3, 0.4) is 0 Å². The lowest BCUT2D eigenvalue weighted by atomic mass is 10.4. The molecule has 0 aliphatic carbocycles. The van der Waals surface area contributed by atoms with Crippen molar-refractivity contribution in [2.45, 2.75) is 6.55 Å². The highest BCUT2D eigenvalue weighted by Crippen LogP contribution is 2.07. The van der Waals surface area contributed by atoms with E-state index in [1.165, 1.54) is 0 Å². The molecule has 0 aromatic carbocycles. The Labute approximate surface area is 74.7 Å². The lowest BCUT2D eigenvalue weighted by Crippen LogP contribution is -2.05. The smallest absolute Gasteiger partial charge is 0.290 e. The molecule has 4 nitrogen and oxygen atoms in total. The minimum atomic E-state index is -2.76. The largest absolute Gasteiger partial charge is 0.334 e. The second kappa shape index (κ2) is 3.70. The normalized spacial score (nSPS) is 10.7. The summed E-state index contributed by atoms with van der Waals surface area (Å²) in [4.78, 5) is 14.2. The van der Waals surface area contributed by atoms with Crippen molar-refractivity contribution in [2.75, 3.05) is 5.33 Å². The van der Waals surface area contributed by atoms with Crippen LogP contribution in [0.1, 0.15) is 17.2 Å². The van der Waals surface area contributed by atoms with Gasteiger partial charge in [0.25, 0.3) is 0 Å². The van der Waals surface area contributed by atoms with Gasteiger partial charge in [0.1, 0.15) is 6.33 Å². The van der Waals surface area contributed by atoms with Crippen LogP contribution in [0.25, 0.3) is 0 Å². The van der Waals surface area contributed by atoms with Crippen molar-refractivity contribution in [3.05, 3.63) is 12.2 Å². The molecule has 0 saturated heterocycles. The molecule has 0 aliphatic rings. The number of carbonyl (C=O) groups excluding carboxylic acids is 1. The summed E-state index contributed by atoms with van der Waals surface area (Å²) in [6, 6.07) is 0. The number of Topliss-reactive ketones (excluding diaryl/α,β-unsaturated/α-hetero) is 1. The van der Waals surface area contributed by atoms with Gasteiger partial charge in [0.05, 0.1) is 5.33 Å². The Morgan fingerprint density at radius 1 is 1.75 bits per heavy atom. The highest BCUT2D eigenvalue weighted by Gasteiger charge is 2.13. The molecule has 12 heavy (non-hydrogen) atoms. The number of hydrogen-bond acceptors (Lipinski definition) is 3. The average Bonchev–Trinajstić information content (AvgIpc) is 2.51. The Kier molecular flexibility index (Phi) is 2.85. The SMILES string of the molecule is O=C(CBr)c1ncn(C(F)F)n1. The number of nitrogens with zero attached hydrogens (tertiary/aromatic N) is 3. The number of hydrogen-bond donors (Lipinski definition) is 0. The molecule has 1 rings (SSSR count). The van der Waals surface area contributed by atoms with Gasteiger partial charge in [0.2, 0.25) is 11.6 Å². The van der Waals surface area contributed by atoms with E-state index in [9.17, 15) is 13.6 Å². The zero-order chi connectivity index (χ0) is 9.14. The molecule has 7 heteroatoms. The van der Waals surface area contributed by atoms with Crippen molar-refractivity contribution < 1.29 is 13.6 Å². The fraction of sp³-hybridized carbons (Fsp3) is 0.400. The van der Waals surface area contributed by atoms with Crippen LogP contribution in [0.5, 0.6) is 0 Å². The molecular formula is C5H4BrF2N3O. The van der Waals surface area contributed by atoms with E-state index < -0.39 is 12.3 Å². The fourth-order valence-corrected chi connectivity index (χ4v) is 0.807. The van der Waals surface area contributed by atoms with Gasteiger partial charge in [-0.2, -0.15) is 13.5 Å². The summed E-state index contributed by atoms with van der Waals surface area (Å²) in [6.45, 7) is -2.76. The highest BCUT2D eigenvalue weighted by atomic mass is 79.9. The first-order valence-corrected chi connectivity index (χ1v) is 4.05. The molecule has 0 fully saturated rings. The minimum Gasteiger partial charge on any atom is -0.290 e. The van der Waals surface area contributed by atoms with Crippen LogP contribution in [0.4, 0.5) is 8.78 Å². The molecule has 0 aliphatic heterocycles. The molecule has 0 N–H and O–H groups in total. The van der Waals surface area contributed by atoms with Crippen LogP contribution in [0.15, 0.2) is 6.33 Å². The van der Waals surface area contributed by atoms with Gasteiger partial charge in [0.15, 0.2) is 0 Å². The number of carbonyl (C=O) groups is 1. The number of ketones is 1. The Morgan fingerprint density at radius 2 is 2.42 bits per heavy atom. The van der Waals surface area contributed by atoms with E-state index in [4.69, 9.17) is 0 Å². The predicted molar refractivity (Wildman–Crippen MR) is 39.4 cm³/mol. The van der Waals surface area contributed by atoms with Crippen LogP contribution in [-0.4, -0.2) is 25.9 Å². The predicted octanol–water partition coefficient (Wildman–Crippen LogP) is 1.25. The summed E-state index contributed by atoms with van der Waals surface area (Å²) in [7, 11) is 0. The number of alkyl halides is 3. The summed E-state index contributed by atoms with van der Waals surface area (Å²) in [5.74, 6) is -0.624. The van der Waals surface area contributed by atoms with Crippen molar-refractivity contribution in [3.63, 3.8) is 0 Å². The van der Waals surface area contributed by atoms with Crippen molar-refractivity contribution in [1.29, 1.82) is 0 Å². The molecule has 0 saturated carbocycles. The summed E-state index contributed by atoms with van der Waals surface area (Å²) in [5.41, 5.74) is 0. The van der Waals surface area contributed by atoms with Gasteiger partial charge < -0.3 is 0 Å². The van der Waals surface area contributed by atoms with Crippen LogP contribution >= 0.6 is 15.9 Å². The van der Waals surface area contributed by atoms with E-state index in [0.29, 0.717) is 4.68 Å². The molecule has 1 aromatic heterocycles. The summed E-state index contributed by atoms with van der Waals surface area (Å²) < 4.78 is 24.1. The molecule has 0 atom stereocenters. The Balaban J connectivity index is 2.84. The third kappa shape index (κ3) is 1.84. The van der Waals surface area contributed by atoms with Crippen molar-refractivity contribution >= 4 is 21.7 Å². The lowest BCUT2D eigenvalue weighted by Gasteiger charge is -1.93. The third-order valence-electron chi connectivity index (χ3n) is 1.08. The van der Waals surface area contributed by atoms with Gasteiger partial charge in [-0.1, -0.05) is 15.9 Å². The molecule has 66 valence electrons. The Hall–Kier alpha value is -0.850. The standard InChI is InChI=1S/C5H4BrF2N3O/c6-1-3(12)4-9-2-11(10-4)5(7)8/h2,5H,1H2. The second-order valence-corrected chi connectivity index (χ2v) is 2.44. The topological polar surface area (TPSA) is 47.8 Å². The van der Waals surface area contributed by atoms with Crippen LogP contribution in [0.2, 0.25) is 0 Å². The monoisotopic (exact) mass is 239 g/mol. The van der Waals surface area contributed by atoms with E-state index in [2.05, 4.69) is 26.0 Å². The van der Waals surface area contributed by atoms with Crippen molar-refractivity contribution in [1.82, 2.24) is 14.8 Å². The van der Waals surface area contributed by atoms with E-state index in [1.54, 1.807) is 0 Å². The minimum absolute atomic E-state index is 0.0280. The molecule has 0 bridgehead atoms. The first-order valence-electron chi connectivity index (χ1n) is 2.93. The zero-order valence-electron chi connectivity index (χ0n) is 5.75. The zero-order valence-corrected chi connectivity index (χ0v) is 7.33. The maximum Gasteiger partial charge on any atom is 0.334 e. The second-order valence-electron chi connectivity index (χ2n) is 1.88. The fourth-order valence-electron chi connectivity index (χ4n) is 0.556. The van der Waals surface area contributed by atoms with Crippen molar-refractivity contribution in [2.24, 2.45) is 0 Å². The molecule has 1 aromatic rings. The highest BCUT2D eigenvalue weighted by molar-refractivity contribution is 9.09. The first kappa shape index (κ1) is 9.24. The number of halogens is 3. The van der Waals surface area contributed by atoms with Crippen molar-refractivity contribution in [3.8, 4) is 0 Å². The first-order chi connectivity index (χ1) is 5.65. The van der Waals surface area contributed by atoms with Gasteiger partial charge in [-0.3, -0.25) is 4.79 Å². The molecule has 0 amide bonds. The molecule has 1 heterocycles. The Bertz CT molecular complexity index is 288. The van der Waals surface area contributed by atoms with E-state index in [1.807, 2.05) is 0 Å². The molecule has 0 unspecified atom stereocenters. The maximum absolute atomic E-state index is 11.9. The average molecular weight is 240 g/mol. The lowest BCUT2D eigenvalue weighted by molar-refractivity contribution is 0.0558. The molecule has 0 radical (unpaired) electrons. The van der Waals surface area contributed by atoms with Gasteiger partial charge >= 0.3 is 6.55 Å². The van der Waals surface area contributed by atoms with E-state index in [-0.39, 0.29) is 11.2 Å². The maximum atomic E-state index is 11.9. The van der Waals surface area contributed by atoms with Gasteiger partial charge in [-0.05, 0) is 0 Å². The summed E-state index contributed by atoms with van der Waals surface area (Å²) in [5, 5.41) is 3.28. The third-order valence-corrected chi connectivity index (χ3v) is 1.59. The quantitative estimate of drug-likeness (QED) is 0.590. The van der Waals surface area contributed by atoms with Crippen LogP contribution < -0.4 is 0 Å². The Morgan fingerprint density at radius 3 is 2.83 bits per heavy atom. The summed E-state index contributed by atoms with van der Waals surface area (Å²) in [6.07, 6.45) is 0.820. The number of rotatable bonds is 3. The van der Waals surface area contributed by atoms with Crippen LogP contribution in [-0.2, 0) is 0 Å². The van der Waals surface area contributed by atoms with E-state index in [0.717, 1.165) is 6.33 Å². The summed E-state index contributed by atoms with van der Waals surface area (Å²) >= 11 is 2.87. The molecular weight excluding hydrogens is 236 g/mol. The number of aromatic nitrogens is 3. The molecule has 0 spiro atoms. The van der Waals surface area contributed by atoms with Gasteiger partial charge in [0, 0.05) is 0 Å². The van der Waals surface area contributed by atoms with E-state index >= 15 is 0 Å².